The summed E-state index contributed by atoms with van der Waals surface area (Å²) in [4.78, 5) is 4.89. The quantitative estimate of drug-likeness (QED) is 0.362. The maximum Gasteiger partial charge on any atom is 0.208 e. The van der Waals surface area contributed by atoms with E-state index in [9.17, 15) is 0 Å². The van der Waals surface area contributed by atoms with Crippen LogP contribution < -0.4 is 10.1 Å². The van der Waals surface area contributed by atoms with Crippen LogP contribution in [0.25, 0.3) is 16.7 Å². The number of ether oxygens (including phenoxy) is 1. The molecule has 0 aliphatic rings. The molecule has 0 saturated heterocycles. The first-order chi connectivity index (χ1) is 14.5. The third kappa shape index (κ3) is 4.29. The average Bonchev–Trinajstić information content (AvgIpc) is 3.09. The van der Waals surface area contributed by atoms with Crippen molar-refractivity contribution in [2.24, 2.45) is 0 Å². The minimum absolute atomic E-state index is 0.663. The lowest BCUT2D eigenvalue weighted by Gasteiger charge is -2.13. The van der Waals surface area contributed by atoms with Crippen molar-refractivity contribution in [3.05, 3.63) is 82.4 Å². The van der Waals surface area contributed by atoms with Crippen LogP contribution in [0.4, 0.5) is 5.95 Å². The third-order valence-corrected chi connectivity index (χ3v) is 5.45. The Morgan fingerprint density at radius 1 is 0.967 bits per heavy atom. The van der Waals surface area contributed by atoms with Gasteiger partial charge in [-0.2, -0.15) is 0 Å². The Bertz CT molecular complexity index is 1150. The van der Waals surface area contributed by atoms with Crippen molar-refractivity contribution in [2.75, 3.05) is 11.9 Å². The van der Waals surface area contributed by atoms with Gasteiger partial charge in [-0.3, -0.25) is 4.57 Å². The van der Waals surface area contributed by atoms with Crippen LogP contribution in [0.2, 0.25) is 5.02 Å². The number of aromatic nitrogens is 2. The summed E-state index contributed by atoms with van der Waals surface area (Å²) in [5, 5.41) is 4.24. The molecule has 0 aliphatic heterocycles. The fourth-order valence-corrected chi connectivity index (χ4v) is 3.53. The Balaban J connectivity index is 1.72. The Labute approximate surface area is 182 Å². The van der Waals surface area contributed by atoms with Crippen molar-refractivity contribution in [1.82, 2.24) is 9.55 Å². The van der Waals surface area contributed by atoms with Crippen LogP contribution in [-0.4, -0.2) is 16.2 Å². The highest BCUT2D eigenvalue weighted by Crippen LogP contribution is 2.28. The molecule has 154 valence electrons. The molecule has 3 aromatic carbocycles. The van der Waals surface area contributed by atoms with Crippen LogP contribution in [0.1, 0.15) is 30.0 Å². The van der Waals surface area contributed by atoms with Gasteiger partial charge in [0.05, 0.1) is 17.6 Å². The van der Waals surface area contributed by atoms with Gasteiger partial charge in [0.25, 0.3) is 0 Å². The molecule has 4 rings (SSSR count). The molecule has 4 nitrogen and oxygen atoms in total. The monoisotopic (exact) mass is 419 g/mol. The van der Waals surface area contributed by atoms with E-state index in [1.54, 1.807) is 0 Å². The smallest absolute Gasteiger partial charge is 0.208 e. The van der Waals surface area contributed by atoms with E-state index in [2.05, 4.69) is 54.9 Å². The number of nitrogens with one attached hydrogen (secondary N) is 1. The summed E-state index contributed by atoms with van der Waals surface area (Å²) in [6, 6.07) is 20.4. The predicted molar refractivity (Wildman–Crippen MR) is 125 cm³/mol. The third-order valence-electron chi connectivity index (χ3n) is 5.20. The highest BCUT2D eigenvalue weighted by molar-refractivity contribution is 6.30. The number of hydrogen-bond donors (Lipinski definition) is 1. The van der Waals surface area contributed by atoms with Gasteiger partial charge < -0.3 is 10.1 Å². The topological polar surface area (TPSA) is 39.1 Å². The van der Waals surface area contributed by atoms with Gasteiger partial charge in [0.2, 0.25) is 5.95 Å². The summed E-state index contributed by atoms with van der Waals surface area (Å²) in [6.07, 6.45) is 0.991. The fourth-order valence-electron chi connectivity index (χ4n) is 3.41. The molecule has 0 bridgehead atoms. The first kappa shape index (κ1) is 20.3. The molecular formula is C25H26ClN3O. The van der Waals surface area contributed by atoms with Gasteiger partial charge in [0, 0.05) is 17.3 Å². The molecule has 0 unspecified atom stereocenters. The molecule has 4 aromatic rings. The van der Waals surface area contributed by atoms with Crippen LogP contribution in [0.15, 0.2) is 60.7 Å². The number of anilines is 1. The summed E-state index contributed by atoms with van der Waals surface area (Å²) < 4.78 is 7.91. The molecule has 0 radical (unpaired) electrons. The van der Waals surface area contributed by atoms with Gasteiger partial charge in [-0.05, 0) is 85.5 Å². The number of fused-ring (bicyclic) bond motifs is 1. The fraction of sp³-hybridized carbons (Fsp3) is 0.240. The predicted octanol–water partition coefficient (Wildman–Crippen LogP) is 6.70. The number of rotatable bonds is 7. The minimum atomic E-state index is 0.663. The average molecular weight is 420 g/mol. The summed E-state index contributed by atoms with van der Waals surface area (Å²) in [6.45, 7) is 7.74. The normalized spacial score (nSPS) is 11.1. The lowest BCUT2D eigenvalue weighted by molar-refractivity contribution is 0.317. The molecule has 1 aromatic heterocycles. The second-order valence-corrected chi connectivity index (χ2v) is 7.95. The van der Waals surface area contributed by atoms with Gasteiger partial charge in [-0.25, -0.2) is 4.98 Å². The molecule has 5 heteroatoms. The number of imidazole rings is 1. The minimum Gasteiger partial charge on any atom is -0.494 e. The highest BCUT2D eigenvalue weighted by Gasteiger charge is 2.14. The van der Waals surface area contributed by atoms with Crippen LogP contribution in [-0.2, 0) is 6.54 Å². The second-order valence-electron chi connectivity index (χ2n) is 7.52. The zero-order chi connectivity index (χ0) is 21.1. The molecule has 30 heavy (non-hydrogen) atoms. The molecule has 0 spiro atoms. The van der Waals surface area contributed by atoms with Crippen molar-refractivity contribution in [1.29, 1.82) is 0 Å². The molecule has 0 atom stereocenters. The Hall–Kier alpha value is -2.98. The van der Waals surface area contributed by atoms with Crippen LogP contribution in [0.5, 0.6) is 5.75 Å². The summed E-state index contributed by atoms with van der Waals surface area (Å²) in [7, 11) is 0. The van der Waals surface area contributed by atoms with Gasteiger partial charge in [-0.15, -0.1) is 0 Å². The standard InChI is InChI=1S/C25H26ClN3O/c1-4-13-30-22-11-9-21(10-12-22)29-24-15-18(3)17(2)14-23(24)28-25(29)27-16-19-5-7-20(26)8-6-19/h5-12,14-15H,4,13,16H2,1-3H3,(H,27,28). The number of benzene rings is 3. The highest BCUT2D eigenvalue weighted by atomic mass is 35.5. The molecular weight excluding hydrogens is 394 g/mol. The summed E-state index contributed by atoms with van der Waals surface area (Å²) in [5.41, 5.74) is 6.73. The lowest BCUT2D eigenvalue weighted by Crippen LogP contribution is -2.06. The van der Waals surface area contributed by atoms with E-state index < -0.39 is 0 Å². The Morgan fingerprint density at radius 3 is 2.37 bits per heavy atom. The molecule has 0 saturated carbocycles. The number of halogens is 1. The number of aryl methyl sites for hydroxylation is 2. The largest absolute Gasteiger partial charge is 0.494 e. The Kier molecular flexibility index (Phi) is 5.96. The van der Waals surface area contributed by atoms with Crippen LogP contribution in [0, 0.1) is 13.8 Å². The van der Waals surface area contributed by atoms with E-state index in [0.717, 1.165) is 52.0 Å². The van der Waals surface area contributed by atoms with Crippen LogP contribution in [0.3, 0.4) is 0 Å². The second kappa shape index (κ2) is 8.80. The van der Waals surface area contributed by atoms with E-state index in [0.29, 0.717) is 6.54 Å². The zero-order valence-electron chi connectivity index (χ0n) is 17.6. The van der Waals surface area contributed by atoms with Crippen molar-refractivity contribution in [3.8, 4) is 11.4 Å². The molecule has 1 N–H and O–H groups in total. The van der Waals surface area contributed by atoms with Gasteiger partial charge in [0.1, 0.15) is 5.75 Å². The first-order valence-corrected chi connectivity index (χ1v) is 10.6. The lowest BCUT2D eigenvalue weighted by atomic mass is 10.1. The van der Waals surface area contributed by atoms with Gasteiger partial charge >= 0.3 is 0 Å². The molecule has 0 fully saturated rings. The van der Waals surface area contributed by atoms with Crippen LogP contribution >= 0.6 is 11.6 Å². The SMILES string of the molecule is CCCOc1ccc(-n2c(NCc3ccc(Cl)cc3)nc3cc(C)c(C)cc32)cc1. The first-order valence-electron chi connectivity index (χ1n) is 10.3. The van der Waals surface area contributed by atoms with E-state index >= 15 is 0 Å². The van der Waals surface area contributed by atoms with E-state index in [1.165, 1.54) is 11.1 Å². The molecule has 0 aliphatic carbocycles. The summed E-state index contributed by atoms with van der Waals surface area (Å²) in [5.74, 6) is 1.69. The van der Waals surface area contributed by atoms with Crippen molar-refractivity contribution < 1.29 is 4.74 Å². The zero-order valence-corrected chi connectivity index (χ0v) is 18.3. The van der Waals surface area contributed by atoms with Crippen molar-refractivity contribution in [3.63, 3.8) is 0 Å². The van der Waals surface area contributed by atoms with E-state index in [1.807, 2.05) is 36.4 Å². The van der Waals surface area contributed by atoms with E-state index in [4.69, 9.17) is 21.3 Å². The Morgan fingerprint density at radius 2 is 1.67 bits per heavy atom. The summed E-state index contributed by atoms with van der Waals surface area (Å²) >= 11 is 6.01. The molecule has 0 amide bonds. The molecule has 1 heterocycles. The van der Waals surface area contributed by atoms with Gasteiger partial charge in [-0.1, -0.05) is 30.7 Å². The van der Waals surface area contributed by atoms with E-state index in [-0.39, 0.29) is 0 Å². The maximum absolute atomic E-state index is 6.01. The van der Waals surface area contributed by atoms with Crippen molar-refractivity contribution in [2.45, 2.75) is 33.7 Å². The number of hydrogen-bond acceptors (Lipinski definition) is 3. The van der Waals surface area contributed by atoms with Crippen molar-refractivity contribution >= 4 is 28.6 Å². The van der Waals surface area contributed by atoms with Gasteiger partial charge in [0.15, 0.2) is 0 Å². The maximum atomic E-state index is 6.01. The number of nitrogens with zero attached hydrogens (tertiary/aromatic N) is 2.